The number of aryl methyl sites for hydroxylation is 2. The Morgan fingerprint density at radius 3 is 2.79 bits per heavy atom. The molecule has 1 atom stereocenters. The fraction of sp³-hybridized carbons (Fsp3) is 0.474. The van der Waals surface area contributed by atoms with E-state index in [1.54, 1.807) is 4.68 Å². The standard InChI is InChI=1S/C19H24N2O3/c1-4-24-19(23)18(12(2)3)21-10-16-15-7-5-13(11-22)9-14(15)6-8-17(16)20-21/h5,7,9-10,12,18,22H,4,6,8,11H2,1-3H3. The van der Waals surface area contributed by atoms with Crippen molar-refractivity contribution in [1.82, 2.24) is 9.78 Å². The first-order chi connectivity index (χ1) is 11.5. The van der Waals surface area contributed by atoms with Crippen LogP contribution in [-0.2, 0) is 29.0 Å². The van der Waals surface area contributed by atoms with Gasteiger partial charge in [0.1, 0.15) is 0 Å². The van der Waals surface area contributed by atoms with Crippen molar-refractivity contribution in [3.63, 3.8) is 0 Å². The molecule has 2 aromatic rings. The summed E-state index contributed by atoms with van der Waals surface area (Å²) >= 11 is 0. The molecule has 0 saturated carbocycles. The van der Waals surface area contributed by atoms with Gasteiger partial charge in [-0.15, -0.1) is 0 Å². The highest BCUT2D eigenvalue weighted by molar-refractivity contribution is 5.76. The number of aromatic nitrogens is 2. The topological polar surface area (TPSA) is 64.4 Å². The highest BCUT2D eigenvalue weighted by Gasteiger charge is 2.29. The van der Waals surface area contributed by atoms with Gasteiger partial charge >= 0.3 is 5.97 Å². The van der Waals surface area contributed by atoms with Gasteiger partial charge in [-0.25, -0.2) is 4.79 Å². The van der Waals surface area contributed by atoms with Crippen molar-refractivity contribution in [2.24, 2.45) is 5.92 Å². The van der Waals surface area contributed by atoms with Gasteiger partial charge in [0.05, 0.1) is 18.9 Å². The van der Waals surface area contributed by atoms with Crippen molar-refractivity contribution < 1.29 is 14.6 Å². The molecular formula is C19H24N2O3. The summed E-state index contributed by atoms with van der Waals surface area (Å²) in [4.78, 5) is 12.3. The first kappa shape index (κ1) is 16.7. The number of hydrogen-bond acceptors (Lipinski definition) is 4. The number of benzene rings is 1. The zero-order chi connectivity index (χ0) is 17.3. The largest absolute Gasteiger partial charge is 0.464 e. The third-order valence-corrected chi connectivity index (χ3v) is 4.53. The van der Waals surface area contributed by atoms with E-state index in [0.717, 1.165) is 35.2 Å². The molecule has 0 saturated heterocycles. The zero-order valence-electron chi connectivity index (χ0n) is 14.5. The van der Waals surface area contributed by atoms with Gasteiger partial charge in [0.15, 0.2) is 6.04 Å². The second-order valence-electron chi connectivity index (χ2n) is 6.56. The summed E-state index contributed by atoms with van der Waals surface area (Å²) < 4.78 is 6.99. The molecular weight excluding hydrogens is 304 g/mol. The number of carbonyl (C=O) groups is 1. The molecule has 1 aromatic carbocycles. The van der Waals surface area contributed by atoms with Gasteiger partial charge in [0, 0.05) is 11.8 Å². The molecule has 3 rings (SSSR count). The Bertz CT molecular complexity index is 749. The van der Waals surface area contributed by atoms with Gasteiger partial charge in [-0.2, -0.15) is 5.10 Å². The van der Waals surface area contributed by atoms with E-state index in [1.165, 1.54) is 5.56 Å². The van der Waals surface area contributed by atoms with E-state index in [0.29, 0.717) is 6.61 Å². The van der Waals surface area contributed by atoms with Crippen LogP contribution in [0.25, 0.3) is 11.1 Å². The quantitative estimate of drug-likeness (QED) is 0.857. The predicted octanol–water partition coefficient (Wildman–Crippen LogP) is 2.90. The van der Waals surface area contributed by atoms with Crippen LogP contribution >= 0.6 is 0 Å². The third kappa shape index (κ3) is 2.96. The van der Waals surface area contributed by atoms with Crippen LogP contribution in [0.2, 0.25) is 0 Å². The van der Waals surface area contributed by atoms with Crippen LogP contribution in [-0.4, -0.2) is 27.5 Å². The molecule has 24 heavy (non-hydrogen) atoms. The van der Waals surface area contributed by atoms with Crippen LogP contribution in [0.1, 0.15) is 43.6 Å². The van der Waals surface area contributed by atoms with Gasteiger partial charge in [-0.1, -0.05) is 32.0 Å². The van der Waals surface area contributed by atoms with Crippen LogP contribution < -0.4 is 0 Å². The number of esters is 1. The summed E-state index contributed by atoms with van der Waals surface area (Å²) in [6.45, 7) is 6.25. The Morgan fingerprint density at radius 1 is 1.33 bits per heavy atom. The van der Waals surface area contributed by atoms with Gasteiger partial charge in [-0.3, -0.25) is 4.68 Å². The number of aliphatic hydroxyl groups excluding tert-OH is 1. The van der Waals surface area contributed by atoms with Crippen molar-refractivity contribution in [3.05, 3.63) is 41.2 Å². The lowest BCUT2D eigenvalue weighted by atomic mass is 9.89. The number of nitrogens with zero attached hydrogens (tertiary/aromatic N) is 2. The maximum absolute atomic E-state index is 12.3. The molecule has 0 bridgehead atoms. The molecule has 0 spiro atoms. The molecule has 0 fully saturated rings. The van der Waals surface area contributed by atoms with E-state index in [1.807, 2.05) is 39.1 Å². The lowest BCUT2D eigenvalue weighted by Gasteiger charge is -2.19. The van der Waals surface area contributed by atoms with Crippen LogP contribution in [0.3, 0.4) is 0 Å². The summed E-state index contributed by atoms with van der Waals surface area (Å²) in [5.74, 6) is -0.134. The highest BCUT2D eigenvalue weighted by atomic mass is 16.5. The number of aliphatic hydroxyl groups is 1. The number of fused-ring (bicyclic) bond motifs is 3. The Hall–Kier alpha value is -2.14. The van der Waals surface area contributed by atoms with Crippen molar-refractivity contribution in [2.75, 3.05) is 6.61 Å². The molecule has 0 amide bonds. The second kappa shape index (κ2) is 6.77. The molecule has 1 unspecified atom stereocenters. The molecule has 1 aliphatic carbocycles. The van der Waals surface area contributed by atoms with Crippen molar-refractivity contribution in [3.8, 4) is 11.1 Å². The number of carbonyl (C=O) groups excluding carboxylic acids is 1. The van der Waals surface area contributed by atoms with Crippen molar-refractivity contribution >= 4 is 5.97 Å². The molecule has 0 aliphatic heterocycles. The molecule has 128 valence electrons. The summed E-state index contributed by atoms with van der Waals surface area (Å²) in [5.41, 5.74) is 5.40. The maximum Gasteiger partial charge on any atom is 0.331 e. The second-order valence-corrected chi connectivity index (χ2v) is 6.56. The first-order valence-corrected chi connectivity index (χ1v) is 8.52. The molecule has 1 N–H and O–H groups in total. The fourth-order valence-electron chi connectivity index (χ4n) is 3.36. The van der Waals surface area contributed by atoms with Crippen LogP contribution in [0.15, 0.2) is 24.4 Å². The average Bonchev–Trinajstić information content (AvgIpc) is 2.98. The molecule has 1 aliphatic rings. The number of rotatable bonds is 5. The average molecular weight is 328 g/mol. The lowest BCUT2D eigenvalue weighted by molar-refractivity contribution is -0.149. The Morgan fingerprint density at radius 2 is 2.12 bits per heavy atom. The number of ether oxygens (including phenoxy) is 1. The van der Waals surface area contributed by atoms with Gasteiger partial charge in [0.25, 0.3) is 0 Å². The smallest absolute Gasteiger partial charge is 0.331 e. The molecule has 1 heterocycles. The van der Waals surface area contributed by atoms with Crippen LogP contribution in [0, 0.1) is 5.92 Å². The first-order valence-electron chi connectivity index (χ1n) is 8.52. The minimum atomic E-state index is -0.407. The Kier molecular flexibility index (Phi) is 4.71. The van der Waals surface area contributed by atoms with Crippen LogP contribution in [0.5, 0.6) is 0 Å². The van der Waals surface area contributed by atoms with E-state index in [9.17, 15) is 9.90 Å². The van der Waals surface area contributed by atoms with Gasteiger partial charge < -0.3 is 9.84 Å². The van der Waals surface area contributed by atoms with E-state index in [4.69, 9.17) is 4.74 Å². The highest BCUT2D eigenvalue weighted by Crippen LogP contribution is 2.35. The summed E-state index contributed by atoms with van der Waals surface area (Å²) in [5, 5.41) is 14.0. The zero-order valence-corrected chi connectivity index (χ0v) is 14.5. The summed E-state index contributed by atoms with van der Waals surface area (Å²) in [6, 6.07) is 5.63. The van der Waals surface area contributed by atoms with E-state index in [-0.39, 0.29) is 18.5 Å². The molecule has 5 nitrogen and oxygen atoms in total. The van der Waals surface area contributed by atoms with E-state index < -0.39 is 6.04 Å². The Balaban J connectivity index is 2.00. The summed E-state index contributed by atoms with van der Waals surface area (Å²) in [6.07, 6.45) is 3.71. The molecule has 0 radical (unpaired) electrons. The molecule has 5 heteroatoms. The summed E-state index contributed by atoms with van der Waals surface area (Å²) in [7, 11) is 0. The molecule has 1 aromatic heterocycles. The fourth-order valence-corrected chi connectivity index (χ4v) is 3.36. The van der Waals surface area contributed by atoms with Crippen molar-refractivity contribution in [1.29, 1.82) is 0 Å². The van der Waals surface area contributed by atoms with Gasteiger partial charge in [-0.05, 0) is 42.4 Å². The minimum absolute atomic E-state index is 0.0533. The normalized spacial score (nSPS) is 14.2. The number of hydrogen-bond donors (Lipinski definition) is 1. The van der Waals surface area contributed by atoms with Gasteiger partial charge in [0.2, 0.25) is 0 Å². The monoisotopic (exact) mass is 328 g/mol. The van der Waals surface area contributed by atoms with Crippen LogP contribution in [0.4, 0.5) is 0 Å². The Labute approximate surface area is 142 Å². The minimum Gasteiger partial charge on any atom is -0.464 e. The maximum atomic E-state index is 12.3. The van der Waals surface area contributed by atoms with E-state index >= 15 is 0 Å². The lowest BCUT2D eigenvalue weighted by Crippen LogP contribution is -2.27. The predicted molar refractivity (Wildman–Crippen MR) is 91.5 cm³/mol. The SMILES string of the molecule is CCOC(=O)C(C(C)C)n1cc2c(n1)CCc1cc(CO)ccc1-2. The van der Waals surface area contributed by atoms with E-state index in [2.05, 4.69) is 11.2 Å². The van der Waals surface area contributed by atoms with Crippen molar-refractivity contribution in [2.45, 2.75) is 46.3 Å². The third-order valence-electron chi connectivity index (χ3n) is 4.53.